The summed E-state index contributed by atoms with van der Waals surface area (Å²) in [5.41, 5.74) is 1.58. The summed E-state index contributed by atoms with van der Waals surface area (Å²) in [6, 6.07) is 12.3. The Balaban J connectivity index is 2.31. The molecule has 106 valence electrons. The van der Waals surface area contributed by atoms with E-state index in [0.717, 1.165) is 11.3 Å². The summed E-state index contributed by atoms with van der Waals surface area (Å²) in [6.07, 6.45) is 0.503. The molecule has 1 unspecified atom stereocenters. The topological polar surface area (TPSA) is 21.3 Å². The van der Waals surface area contributed by atoms with Crippen LogP contribution in [0.5, 0.6) is 5.75 Å². The molecule has 0 saturated heterocycles. The van der Waals surface area contributed by atoms with E-state index >= 15 is 0 Å². The zero-order valence-electron chi connectivity index (χ0n) is 11.5. The average Bonchev–Trinajstić information content (AvgIpc) is 2.48. The van der Waals surface area contributed by atoms with Crippen molar-refractivity contribution in [1.29, 1.82) is 0 Å². The second-order valence-electron chi connectivity index (χ2n) is 4.52. The Hall–Kier alpha value is -1.58. The second kappa shape index (κ2) is 6.73. The molecule has 4 heteroatoms. The van der Waals surface area contributed by atoms with E-state index in [4.69, 9.17) is 16.3 Å². The van der Waals surface area contributed by atoms with Crippen LogP contribution in [0.25, 0.3) is 0 Å². The SMILES string of the molecule is CNC(Cc1cc(Cl)ccc1F)c1ccccc1OC. The van der Waals surface area contributed by atoms with Gasteiger partial charge in [-0.15, -0.1) is 0 Å². The van der Waals surface area contributed by atoms with Crippen molar-refractivity contribution in [2.75, 3.05) is 14.2 Å². The number of likely N-dealkylation sites (N-methyl/N-ethyl adjacent to an activating group) is 1. The van der Waals surface area contributed by atoms with Gasteiger partial charge >= 0.3 is 0 Å². The number of benzene rings is 2. The second-order valence-corrected chi connectivity index (χ2v) is 4.96. The summed E-state index contributed by atoms with van der Waals surface area (Å²) in [5.74, 6) is 0.541. The first kappa shape index (κ1) is 14.8. The third-order valence-corrected chi connectivity index (χ3v) is 3.53. The Morgan fingerprint density at radius 1 is 1.25 bits per heavy atom. The van der Waals surface area contributed by atoms with E-state index in [9.17, 15) is 4.39 Å². The number of rotatable bonds is 5. The average molecular weight is 294 g/mol. The largest absolute Gasteiger partial charge is 0.496 e. The molecule has 0 aliphatic rings. The van der Waals surface area contributed by atoms with Gasteiger partial charge in [0.15, 0.2) is 0 Å². The molecule has 20 heavy (non-hydrogen) atoms. The Labute approximate surface area is 123 Å². The molecule has 1 atom stereocenters. The predicted molar refractivity (Wildman–Crippen MR) is 79.9 cm³/mol. The fourth-order valence-electron chi connectivity index (χ4n) is 2.24. The molecule has 0 spiro atoms. The maximum atomic E-state index is 13.8. The number of ether oxygens (including phenoxy) is 1. The van der Waals surface area contributed by atoms with Crippen LogP contribution in [0.15, 0.2) is 42.5 Å². The molecule has 2 aromatic rings. The summed E-state index contributed by atoms with van der Waals surface area (Å²) < 4.78 is 19.2. The van der Waals surface area contributed by atoms with Gasteiger partial charge in [0.05, 0.1) is 7.11 Å². The molecule has 0 amide bonds. The molecular formula is C16H17ClFNO. The Kier molecular flexibility index (Phi) is 4.99. The number of halogens is 2. The van der Waals surface area contributed by atoms with E-state index in [1.54, 1.807) is 19.2 Å². The van der Waals surface area contributed by atoms with Crippen LogP contribution in [-0.2, 0) is 6.42 Å². The molecule has 0 saturated carbocycles. The standard InChI is InChI=1S/C16H17ClFNO/c1-19-15(13-5-3-4-6-16(13)20-2)10-11-9-12(17)7-8-14(11)18/h3-9,15,19H,10H2,1-2H3. The van der Waals surface area contributed by atoms with Crippen LogP contribution in [0, 0.1) is 5.82 Å². The third kappa shape index (κ3) is 3.30. The number of methoxy groups -OCH3 is 1. The predicted octanol–water partition coefficient (Wildman–Crippen LogP) is 3.99. The molecule has 0 aliphatic carbocycles. The maximum Gasteiger partial charge on any atom is 0.126 e. The van der Waals surface area contributed by atoms with Gasteiger partial charge in [0, 0.05) is 16.6 Å². The van der Waals surface area contributed by atoms with Gasteiger partial charge in [0.2, 0.25) is 0 Å². The number of nitrogens with one attached hydrogen (secondary N) is 1. The van der Waals surface area contributed by atoms with Crippen LogP contribution in [0.2, 0.25) is 5.02 Å². The number of hydrogen-bond acceptors (Lipinski definition) is 2. The lowest BCUT2D eigenvalue weighted by molar-refractivity contribution is 0.400. The maximum absolute atomic E-state index is 13.8. The molecular weight excluding hydrogens is 277 g/mol. The monoisotopic (exact) mass is 293 g/mol. The molecule has 0 bridgehead atoms. The van der Waals surface area contributed by atoms with Gasteiger partial charge in [-0.1, -0.05) is 29.8 Å². The van der Waals surface area contributed by atoms with E-state index in [-0.39, 0.29) is 11.9 Å². The highest BCUT2D eigenvalue weighted by atomic mass is 35.5. The van der Waals surface area contributed by atoms with Gasteiger partial charge in [-0.2, -0.15) is 0 Å². The van der Waals surface area contributed by atoms with E-state index < -0.39 is 0 Å². The highest BCUT2D eigenvalue weighted by molar-refractivity contribution is 6.30. The first-order chi connectivity index (χ1) is 9.65. The lowest BCUT2D eigenvalue weighted by Gasteiger charge is -2.19. The first-order valence-electron chi connectivity index (χ1n) is 6.39. The normalized spacial score (nSPS) is 12.2. The zero-order chi connectivity index (χ0) is 14.5. The van der Waals surface area contributed by atoms with Crippen LogP contribution in [0.1, 0.15) is 17.2 Å². The summed E-state index contributed by atoms with van der Waals surface area (Å²) in [4.78, 5) is 0. The molecule has 1 N–H and O–H groups in total. The third-order valence-electron chi connectivity index (χ3n) is 3.29. The van der Waals surface area contributed by atoms with Crippen molar-refractivity contribution in [1.82, 2.24) is 5.32 Å². The molecule has 2 aromatic carbocycles. The van der Waals surface area contributed by atoms with E-state index in [2.05, 4.69) is 5.32 Å². The Bertz CT molecular complexity index is 588. The molecule has 2 rings (SSSR count). The molecule has 0 heterocycles. The molecule has 0 aromatic heterocycles. The molecule has 2 nitrogen and oxygen atoms in total. The van der Waals surface area contributed by atoms with Gasteiger partial charge in [0.1, 0.15) is 11.6 Å². The number of hydrogen-bond donors (Lipinski definition) is 1. The summed E-state index contributed by atoms with van der Waals surface area (Å²) in [5, 5.41) is 3.74. The van der Waals surface area contributed by atoms with E-state index in [1.165, 1.54) is 6.07 Å². The van der Waals surface area contributed by atoms with Crippen LogP contribution >= 0.6 is 11.6 Å². The van der Waals surface area contributed by atoms with E-state index in [0.29, 0.717) is 17.0 Å². The minimum Gasteiger partial charge on any atom is -0.496 e. The molecule has 0 aliphatic heterocycles. The van der Waals surface area contributed by atoms with Crippen molar-refractivity contribution in [3.05, 3.63) is 64.4 Å². The highest BCUT2D eigenvalue weighted by Gasteiger charge is 2.16. The van der Waals surface area contributed by atoms with Crippen molar-refractivity contribution in [2.24, 2.45) is 0 Å². The minimum atomic E-state index is -0.246. The summed E-state index contributed by atoms with van der Waals surface area (Å²) in [7, 11) is 3.48. The van der Waals surface area contributed by atoms with Crippen molar-refractivity contribution in [2.45, 2.75) is 12.5 Å². The zero-order valence-corrected chi connectivity index (χ0v) is 12.2. The highest BCUT2D eigenvalue weighted by Crippen LogP contribution is 2.28. The van der Waals surface area contributed by atoms with Crippen molar-refractivity contribution in [3.63, 3.8) is 0 Å². The van der Waals surface area contributed by atoms with E-state index in [1.807, 2.05) is 31.3 Å². The fourth-order valence-corrected chi connectivity index (χ4v) is 2.44. The van der Waals surface area contributed by atoms with Crippen LogP contribution < -0.4 is 10.1 Å². The fraction of sp³-hybridized carbons (Fsp3) is 0.250. The lowest BCUT2D eigenvalue weighted by Crippen LogP contribution is -2.20. The lowest BCUT2D eigenvalue weighted by atomic mass is 9.98. The van der Waals surface area contributed by atoms with Crippen molar-refractivity contribution >= 4 is 11.6 Å². The molecule has 0 fully saturated rings. The number of para-hydroxylation sites is 1. The van der Waals surface area contributed by atoms with Gasteiger partial charge in [-0.05, 0) is 43.3 Å². The summed E-state index contributed by atoms with van der Waals surface area (Å²) in [6.45, 7) is 0. The van der Waals surface area contributed by atoms with Gasteiger partial charge in [0.25, 0.3) is 0 Å². The van der Waals surface area contributed by atoms with Gasteiger partial charge in [-0.3, -0.25) is 0 Å². The van der Waals surface area contributed by atoms with Crippen molar-refractivity contribution in [3.8, 4) is 5.75 Å². The Morgan fingerprint density at radius 2 is 2.00 bits per heavy atom. The van der Waals surface area contributed by atoms with Crippen LogP contribution in [-0.4, -0.2) is 14.2 Å². The smallest absolute Gasteiger partial charge is 0.126 e. The molecule has 0 radical (unpaired) electrons. The van der Waals surface area contributed by atoms with Crippen LogP contribution in [0.3, 0.4) is 0 Å². The minimum absolute atomic E-state index is 0.0425. The Morgan fingerprint density at radius 3 is 2.70 bits per heavy atom. The quantitative estimate of drug-likeness (QED) is 0.900. The first-order valence-corrected chi connectivity index (χ1v) is 6.77. The van der Waals surface area contributed by atoms with Gasteiger partial charge < -0.3 is 10.1 Å². The van der Waals surface area contributed by atoms with Crippen LogP contribution in [0.4, 0.5) is 4.39 Å². The van der Waals surface area contributed by atoms with Gasteiger partial charge in [-0.25, -0.2) is 4.39 Å². The summed E-state index contributed by atoms with van der Waals surface area (Å²) >= 11 is 5.94. The van der Waals surface area contributed by atoms with Crippen molar-refractivity contribution < 1.29 is 9.13 Å².